The summed E-state index contributed by atoms with van der Waals surface area (Å²) < 4.78 is 5.21. The van der Waals surface area contributed by atoms with E-state index in [0.717, 1.165) is 18.7 Å². The lowest BCUT2D eigenvalue weighted by Crippen LogP contribution is -2.37. The van der Waals surface area contributed by atoms with Crippen LogP contribution in [0.3, 0.4) is 0 Å². The van der Waals surface area contributed by atoms with Crippen LogP contribution in [0.1, 0.15) is 31.0 Å². The summed E-state index contributed by atoms with van der Waals surface area (Å²) in [6.45, 7) is 4.51. The number of rotatable bonds is 1. The van der Waals surface area contributed by atoms with Crippen LogP contribution in [-0.2, 0) is 11.2 Å². The average molecular weight is 219 g/mol. The fraction of sp³-hybridized carbons (Fsp3) is 0.462. The topological polar surface area (TPSA) is 29.5 Å². The number of amides is 1. The lowest BCUT2D eigenvalue weighted by molar-refractivity contribution is -0.131. The molecule has 0 saturated heterocycles. The molecule has 0 fully saturated rings. The fourth-order valence-corrected chi connectivity index (χ4v) is 2.37. The Balaban J connectivity index is 2.35. The van der Waals surface area contributed by atoms with E-state index >= 15 is 0 Å². The third-order valence-corrected chi connectivity index (χ3v) is 3.29. The quantitative estimate of drug-likeness (QED) is 0.724. The van der Waals surface area contributed by atoms with Crippen molar-refractivity contribution in [1.29, 1.82) is 0 Å². The van der Waals surface area contributed by atoms with Crippen molar-refractivity contribution in [3.05, 3.63) is 29.3 Å². The van der Waals surface area contributed by atoms with Crippen LogP contribution < -0.4 is 4.74 Å². The number of nitrogens with zero attached hydrogens (tertiary/aromatic N) is 1. The molecule has 1 aliphatic rings. The van der Waals surface area contributed by atoms with Gasteiger partial charge >= 0.3 is 0 Å². The highest BCUT2D eigenvalue weighted by Crippen LogP contribution is 2.31. The number of carbonyl (C=O) groups excluding carboxylic acids is 1. The van der Waals surface area contributed by atoms with Gasteiger partial charge in [0.05, 0.1) is 13.2 Å². The Labute approximate surface area is 96.0 Å². The first-order chi connectivity index (χ1) is 7.63. The number of fused-ring (bicyclic) bond motifs is 1. The Morgan fingerprint density at radius 1 is 1.50 bits per heavy atom. The van der Waals surface area contributed by atoms with E-state index in [9.17, 15) is 4.79 Å². The second-order valence-corrected chi connectivity index (χ2v) is 4.20. The Hall–Kier alpha value is -1.51. The minimum atomic E-state index is 0.147. The van der Waals surface area contributed by atoms with E-state index < -0.39 is 0 Å². The van der Waals surface area contributed by atoms with Gasteiger partial charge in [0.2, 0.25) is 5.91 Å². The van der Waals surface area contributed by atoms with Crippen LogP contribution in [0.15, 0.2) is 18.2 Å². The van der Waals surface area contributed by atoms with Crippen LogP contribution in [-0.4, -0.2) is 24.5 Å². The van der Waals surface area contributed by atoms with Crippen molar-refractivity contribution in [2.24, 2.45) is 0 Å². The molecule has 0 spiro atoms. The molecule has 0 aromatic heterocycles. The average Bonchev–Trinajstić information content (AvgIpc) is 2.28. The lowest BCUT2D eigenvalue weighted by atomic mass is 9.93. The van der Waals surface area contributed by atoms with E-state index in [-0.39, 0.29) is 11.9 Å². The van der Waals surface area contributed by atoms with Crippen LogP contribution in [0.4, 0.5) is 0 Å². The Kier molecular flexibility index (Phi) is 2.86. The lowest BCUT2D eigenvalue weighted by Gasteiger charge is -2.34. The molecule has 3 heteroatoms. The highest BCUT2D eigenvalue weighted by atomic mass is 16.5. The molecule has 1 aromatic rings. The predicted octanol–water partition coefficient (Wildman–Crippen LogP) is 2.16. The number of hydrogen-bond acceptors (Lipinski definition) is 2. The third-order valence-electron chi connectivity index (χ3n) is 3.29. The zero-order valence-electron chi connectivity index (χ0n) is 9.99. The summed E-state index contributed by atoms with van der Waals surface area (Å²) in [5.74, 6) is 1.04. The van der Waals surface area contributed by atoms with Crippen molar-refractivity contribution in [2.75, 3.05) is 13.7 Å². The Morgan fingerprint density at radius 2 is 2.25 bits per heavy atom. The van der Waals surface area contributed by atoms with E-state index in [4.69, 9.17) is 4.74 Å². The molecule has 1 aliphatic heterocycles. The monoisotopic (exact) mass is 219 g/mol. The van der Waals surface area contributed by atoms with Crippen LogP contribution in [0.2, 0.25) is 0 Å². The molecule has 0 radical (unpaired) electrons. The molecule has 86 valence electrons. The highest BCUT2D eigenvalue weighted by Gasteiger charge is 2.25. The van der Waals surface area contributed by atoms with Crippen molar-refractivity contribution in [2.45, 2.75) is 26.3 Å². The van der Waals surface area contributed by atoms with Crippen molar-refractivity contribution in [3.8, 4) is 5.75 Å². The number of benzene rings is 1. The minimum Gasteiger partial charge on any atom is -0.497 e. The van der Waals surface area contributed by atoms with Gasteiger partial charge in [0.15, 0.2) is 0 Å². The first-order valence-corrected chi connectivity index (χ1v) is 5.57. The molecule has 1 heterocycles. The summed E-state index contributed by atoms with van der Waals surface area (Å²) in [6, 6.07) is 6.27. The molecule has 0 aliphatic carbocycles. The number of methoxy groups -OCH3 is 1. The van der Waals surface area contributed by atoms with Gasteiger partial charge in [-0.3, -0.25) is 4.79 Å². The second kappa shape index (κ2) is 4.16. The van der Waals surface area contributed by atoms with Crippen molar-refractivity contribution < 1.29 is 9.53 Å². The van der Waals surface area contributed by atoms with Gasteiger partial charge in [-0.1, -0.05) is 6.07 Å². The van der Waals surface area contributed by atoms with E-state index in [0.29, 0.717) is 0 Å². The normalized spacial score (nSPS) is 19.2. The summed E-state index contributed by atoms with van der Waals surface area (Å²) in [7, 11) is 1.68. The van der Waals surface area contributed by atoms with Crippen LogP contribution in [0.25, 0.3) is 0 Å². The van der Waals surface area contributed by atoms with Gasteiger partial charge in [-0.05, 0) is 36.6 Å². The van der Waals surface area contributed by atoms with Crippen LogP contribution in [0.5, 0.6) is 5.75 Å². The van der Waals surface area contributed by atoms with Crippen LogP contribution in [0, 0.1) is 0 Å². The second-order valence-electron chi connectivity index (χ2n) is 4.20. The largest absolute Gasteiger partial charge is 0.497 e. The van der Waals surface area contributed by atoms with Gasteiger partial charge in [-0.2, -0.15) is 0 Å². The summed E-state index contributed by atoms with van der Waals surface area (Å²) in [5, 5.41) is 0. The molecular weight excluding hydrogens is 202 g/mol. The van der Waals surface area contributed by atoms with Gasteiger partial charge in [0, 0.05) is 13.5 Å². The third kappa shape index (κ3) is 1.77. The molecule has 0 bridgehead atoms. The molecule has 1 unspecified atom stereocenters. The summed E-state index contributed by atoms with van der Waals surface area (Å²) in [4.78, 5) is 13.4. The highest BCUT2D eigenvalue weighted by molar-refractivity contribution is 5.74. The van der Waals surface area contributed by atoms with Gasteiger partial charge in [0.1, 0.15) is 5.75 Å². The molecule has 3 nitrogen and oxygen atoms in total. The van der Waals surface area contributed by atoms with Gasteiger partial charge in [0.25, 0.3) is 0 Å². The molecule has 1 aromatic carbocycles. The first-order valence-electron chi connectivity index (χ1n) is 5.57. The smallest absolute Gasteiger partial charge is 0.219 e. The predicted molar refractivity (Wildman–Crippen MR) is 62.5 cm³/mol. The zero-order chi connectivity index (χ0) is 11.7. The van der Waals surface area contributed by atoms with Crippen molar-refractivity contribution in [3.63, 3.8) is 0 Å². The van der Waals surface area contributed by atoms with E-state index in [2.05, 4.69) is 19.1 Å². The maximum Gasteiger partial charge on any atom is 0.219 e. The summed E-state index contributed by atoms with van der Waals surface area (Å²) >= 11 is 0. The minimum absolute atomic E-state index is 0.147. The van der Waals surface area contributed by atoms with Crippen molar-refractivity contribution in [1.82, 2.24) is 4.90 Å². The first kappa shape index (κ1) is 11.0. The molecule has 0 N–H and O–H groups in total. The maximum atomic E-state index is 11.4. The van der Waals surface area contributed by atoms with Gasteiger partial charge in [-0.15, -0.1) is 0 Å². The maximum absolute atomic E-state index is 11.4. The fourth-order valence-electron chi connectivity index (χ4n) is 2.37. The number of ether oxygens (including phenoxy) is 1. The van der Waals surface area contributed by atoms with Crippen molar-refractivity contribution >= 4 is 5.91 Å². The Morgan fingerprint density at radius 3 is 2.88 bits per heavy atom. The molecular formula is C13H17NO2. The Bertz CT molecular complexity index is 414. The van der Waals surface area contributed by atoms with Crippen LogP contribution >= 0.6 is 0 Å². The molecule has 1 amide bonds. The van der Waals surface area contributed by atoms with E-state index in [1.54, 1.807) is 14.0 Å². The standard InChI is InChI=1S/C13H17NO2/c1-9-13-5-4-12(16-3)8-11(13)6-7-14(9)10(2)15/h4-5,8-9H,6-7H2,1-3H3. The molecule has 2 rings (SSSR count). The molecule has 1 atom stereocenters. The SMILES string of the molecule is COc1ccc2c(c1)CCN(C(C)=O)C2C. The summed E-state index contributed by atoms with van der Waals surface area (Å²) in [6.07, 6.45) is 0.913. The van der Waals surface area contributed by atoms with E-state index in [1.165, 1.54) is 11.1 Å². The van der Waals surface area contributed by atoms with E-state index in [1.807, 2.05) is 11.0 Å². The molecule has 0 saturated carbocycles. The number of hydrogen-bond donors (Lipinski definition) is 0. The number of carbonyl (C=O) groups is 1. The van der Waals surface area contributed by atoms with Gasteiger partial charge < -0.3 is 9.64 Å². The van der Waals surface area contributed by atoms with Gasteiger partial charge in [-0.25, -0.2) is 0 Å². The molecule has 16 heavy (non-hydrogen) atoms. The zero-order valence-corrected chi connectivity index (χ0v) is 9.99. The summed E-state index contributed by atoms with van der Waals surface area (Å²) in [5.41, 5.74) is 2.53.